The fraction of sp³-hybridized carbons (Fsp3) is 0.417. The molecular formula is C24H29N5O2. The van der Waals surface area contributed by atoms with Crippen LogP contribution in [0.5, 0.6) is 11.6 Å². The lowest BCUT2D eigenvalue weighted by molar-refractivity contribution is -0.120. The molecule has 4 rings (SSSR count). The smallest absolute Gasteiger partial charge is 0.227 e. The highest BCUT2D eigenvalue weighted by Gasteiger charge is 2.21. The molecule has 2 heterocycles. The van der Waals surface area contributed by atoms with Gasteiger partial charge in [-0.05, 0) is 70.4 Å². The summed E-state index contributed by atoms with van der Waals surface area (Å²) in [6, 6.07) is 9.16. The third-order valence-corrected chi connectivity index (χ3v) is 5.99. The van der Waals surface area contributed by atoms with Crippen molar-refractivity contribution in [2.24, 2.45) is 5.92 Å². The Morgan fingerprint density at radius 1 is 1.03 bits per heavy atom. The summed E-state index contributed by atoms with van der Waals surface area (Å²) in [6.07, 6.45) is 5.48. The van der Waals surface area contributed by atoms with Gasteiger partial charge in [-0.1, -0.05) is 19.3 Å². The van der Waals surface area contributed by atoms with Crippen molar-refractivity contribution in [3.8, 4) is 17.4 Å². The number of benzene rings is 1. The highest BCUT2D eigenvalue weighted by molar-refractivity contribution is 5.92. The van der Waals surface area contributed by atoms with Gasteiger partial charge in [0.15, 0.2) is 5.82 Å². The first-order valence-corrected chi connectivity index (χ1v) is 10.9. The van der Waals surface area contributed by atoms with Crippen molar-refractivity contribution < 1.29 is 9.53 Å². The third kappa shape index (κ3) is 4.76. The van der Waals surface area contributed by atoms with Gasteiger partial charge in [-0.25, -0.2) is 9.67 Å². The van der Waals surface area contributed by atoms with Crippen LogP contribution in [0.3, 0.4) is 0 Å². The van der Waals surface area contributed by atoms with Crippen molar-refractivity contribution in [3.63, 3.8) is 0 Å². The molecule has 0 bridgehead atoms. The van der Waals surface area contributed by atoms with Crippen molar-refractivity contribution >= 4 is 11.6 Å². The van der Waals surface area contributed by atoms with Crippen LogP contribution in [0.1, 0.15) is 54.9 Å². The maximum absolute atomic E-state index is 12.4. The van der Waals surface area contributed by atoms with Gasteiger partial charge < -0.3 is 10.1 Å². The minimum absolute atomic E-state index is 0.115. The second-order valence-corrected chi connectivity index (χ2v) is 8.27. The lowest BCUT2D eigenvalue weighted by Crippen LogP contribution is -2.24. The predicted molar refractivity (Wildman–Crippen MR) is 120 cm³/mol. The van der Waals surface area contributed by atoms with E-state index in [2.05, 4.69) is 20.4 Å². The van der Waals surface area contributed by atoms with E-state index in [1.807, 2.05) is 56.6 Å². The van der Waals surface area contributed by atoms with Crippen LogP contribution >= 0.6 is 0 Å². The molecule has 0 aliphatic heterocycles. The van der Waals surface area contributed by atoms with E-state index < -0.39 is 0 Å². The van der Waals surface area contributed by atoms with E-state index in [0.29, 0.717) is 23.3 Å². The van der Waals surface area contributed by atoms with Gasteiger partial charge in [-0.15, -0.1) is 0 Å². The Balaban J connectivity index is 1.47. The summed E-state index contributed by atoms with van der Waals surface area (Å²) < 4.78 is 7.79. The molecule has 162 valence electrons. The monoisotopic (exact) mass is 419 g/mol. The number of carbonyl (C=O) groups excluding carboxylic acids is 1. The Bertz CT molecular complexity index is 1080. The fourth-order valence-corrected chi connectivity index (χ4v) is 3.97. The van der Waals surface area contributed by atoms with Crippen molar-refractivity contribution in [3.05, 3.63) is 53.1 Å². The maximum atomic E-state index is 12.4. The molecule has 0 saturated heterocycles. The van der Waals surface area contributed by atoms with Crippen LogP contribution in [0.2, 0.25) is 0 Å². The lowest BCUT2D eigenvalue weighted by Gasteiger charge is -2.20. The van der Waals surface area contributed by atoms with Gasteiger partial charge in [0.2, 0.25) is 11.8 Å². The van der Waals surface area contributed by atoms with E-state index in [-0.39, 0.29) is 11.8 Å². The summed E-state index contributed by atoms with van der Waals surface area (Å²) in [7, 11) is 0. The van der Waals surface area contributed by atoms with E-state index in [9.17, 15) is 4.79 Å². The van der Waals surface area contributed by atoms with Crippen molar-refractivity contribution in [1.82, 2.24) is 19.7 Å². The summed E-state index contributed by atoms with van der Waals surface area (Å²) in [5.74, 6) is 2.62. The van der Waals surface area contributed by atoms with Gasteiger partial charge in [0.1, 0.15) is 11.6 Å². The Kier molecular flexibility index (Phi) is 6.02. The van der Waals surface area contributed by atoms with Crippen LogP contribution in [0.25, 0.3) is 5.82 Å². The normalized spacial score (nSPS) is 14.5. The molecule has 3 aromatic rings. The van der Waals surface area contributed by atoms with Crippen LogP contribution in [0.15, 0.2) is 30.3 Å². The number of aromatic nitrogens is 4. The van der Waals surface area contributed by atoms with Gasteiger partial charge >= 0.3 is 0 Å². The number of carbonyl (C=O) groups is 1. The number of rotatable bonds is 5. The summed E-state index contributed by atoms with van der Waals surface area (Å²) in [6.45, 7) is 7.89. The summed E-state index contributed by atoms with van der Waals surface area (Å²) in [4.78, 5) is 21.4. The molecule has 1 amide bonds. The first-order valence-electron chi connectivity index (χ1n) is 10.9. The number of hydrogen-bond donors (Lipinski definition) is 1. The highest BCUT2D eigenvalue weighted by Crippen LogP contribution is 2.27. The minimum Gasteiger partial charge on any atom is -0.439 e. The van der Waals surface area contributed by atoms with Crippen LogP contribution in [-0.4, -0.2) is 25.7 Å². The molecule has 0 radical (unpaired) electrons. The second-order valence-electron chi connectivity index (χ2n) is 8.27. The van der Waals surface area contributed by atoms with Crippen molar-refractivity contribution in [1.29, 1.82) is 0 Å². The molecule has 2 aromatic heterocycles. The number of nitrogens with zero attached hydrogens (tertiary/aromatic N) is 4. The molecule has 1 N–H and O–H groups in total. The third-order valence-electron chi connectivity index (χ3n) is 5.99. The van der Waals surface area contributed by atoms with Crippen LogP contribution in [0.4, 0.5) is 5.69 Å². The minimum atomic E-state index is 0.115. The molecule has 31 heavy (non-hydrogen) atoms. The zero-order valence-electron chi connectivity index (χ0n) is 18.6. The first kappa shape index (κ1) is 21.0. The van der Waals surface area contributed by atoms with Crippen LogP contribution in [0, 0.1) is 33.6 Å². The van der Waals surface area contributed by atoms with Gasteiger partial charge in [0, 0.05) is 23.4 Å². The van der Waals surface area contributed by atoms with Gasteiger partial charge in [-0.3, -0.25) is 4.79 Å². The standard InChI is InChI=1S/C24H29N5O2/c1-15-16(2)28-29(17(15)3)22-14-23(26-18(4)25-22)31-21-12-10-20(11-13-21)27-24(30)19-8-6-5-7-9-19/h10-14,19H,5-9H2,1-4H3,(H,27,30). The molecule has 1 aromatic carbocycles. The molecule has 7 nitrogen and oxygen atoms in total. The second kappa shape index (κ2) is 8.88. The SMILES string of the molecule is Cc1nc(Oc2ccc(NC(=O)C3CCCCC3)cc2)cc(-n2nc(C)c(C)c2C)n1. The molecule has 1 saturated carbocycles. The topological polar surface area (TPSA) is 81.9 Å². The van der Waals surface area contributed by atoms with E-state index >= 15 is 0 Å². The zero-order valence-corrected chi connectivity index (χ0v) is 18.6. The lowest BCUT2D eigenvalue weighted by atomic mass is 9.88. The number of aryl methyl sites for hydroxylation is 2. The van der Waals surface area contributed by atoms with Crippen molar-refractivity contribution in [2.45, 2.75) is 59.8 Å². The first-order chi connectivity index (χ1) is 14.9. The molecule has 0 spiro atoms. The Morgan fingerprint density at radius 2 is 1.74 bits per heavy atom. The number of amides is 1. The Morgan fingerprint density at radius 3 is 2.39 bits per heavy atom. The molecule has 7 heteroatoms. The average molecular weight is 420 g/mol. The molecule has 1 aliphatic rings. The molecule has 0 atom stereocenters. The van der Waals surface area contributed by atoms with E-state index in [4.69, 9.17) is 4.74 Å². The average Bonchev–Trinajstić information content (AvgIpc) is 3.02. The maximum Gasteiger partial charge on any atom is 0.227 e. The van der Waals surface area contributed by atoms with E-state index in [1.165, 1.54) is 6.42 Å². The predicted octanol–water partition coefficient (Wildman–Crippen LogP) is 5.21. The summed E-state index contributed by atoms with van der Waals surface area (Å²) in [5.41, 5.74) is 3.94. The van der Waals surface area contributed by atoms with E-state index in [1.54, 1.807) is 6.07 Å². The molecule has 1 aliphatic carbocycles. The fourth-order valence-electron chi connectivity index (χ4n) is 3.97. The van der Waals surface area contributed by atoms with Gasteiger partial charge in [-0.2, -0.15) is 10.1 Å². The number of nitrogens with one attached hydrogen (secondary N) is 1. The van der Waals surface area contributed by atoms with Gasteiger partial charge in [0.25, 0.3) is 0 Å². The number of ether oxygens (including phenoxy) is 1. The highest BCUT2D eigenvalue weighted by atomic mass is 16.5. The van der Waals surface area contributed by atoms with Crippen LogP contribution < -0.4 is 10.1 Å². The number of anilines is 1. The summed E-state index contributed by atoms with van der Waals surface area (Å²) >= 11 is 0. The molecule has 0 unspecified atom stereocenters. The molecule has 1 fully saturated rings. The Hall–Kier alpha value is -3.22. The van der Waals surface area contributed by atoms with E-state index in [0.717, 1.165) is 48.3 Å². The zero-order chi connectivity index (χ0) is 22.0. The Labute approximate surface area is 182 Å². The summed E-state index contributed by atoms with van der Waals surface area (Å²) in [5, 5.41) is 7.60. The quantitative estimate of drug-likeness (QED) is 0.614. The molecular weight excluding hydrogens is 390 g/mol. The van der Waals surface area contributed by atoms with Gasteiger partial charge in [0.05, 0.1) is 5.69 Å². The van der Waals surface area contributed by atoms with Crippen LogP contribution in [-0.2, 0) is 4.79 Å². The number of hydrogen-bond acceptors (Lipinski definition) is 5. The largest absolute Gasteiger partial charge is 0.439 e. The van der Waals surface area contributed by atoms with Crippen molar-refractivity contribution in [2.75, 3.05) is 5.32 Å².